The van der Waals surface area contributed by atoms with Gasteiger partial charge in [-0.15, -0.1) is 0 Å². The van der Waals surface area contributed by atoms with E-state index in [0.29, 0.717) is 5.56 Å². The number of nitriles is 1. The molecule has 0 N–H and O–H groups in total. The molecule has 0 saturated heterocycles. The van der Waals surface area contributed by atoms with Crippen LogP contribution in [0.1, 0.15) is 16.7 Å². The van der Waals surface area contributed by atoms with E-state index < -0.39 is 0 Å². The highest BCUT2D eigenvalue weighted by Gasteiger charge is 2.09. The van der Waals surface area contributed by atoms with Gasteiger partial charge in [0, 0.05) is 19.8 Å². The summed E-state index contributed by atoms with van der Waals surface area (Å²) in [6.07, 6.45) is 1.71. The highest BCUT2D eigenvalue weighted by Crippen LogP contribution is 2.18. The van der Waals surface area contributed by atoms with Gasteiger partial charge < -0.3 is 4.90 Å². The monoisotopic (exact) mass is 237 g/mol. The molecule has 0 aliphatic carbocycles. The van der Waals surface area contributed by atoms with E-state index in [-0.39, 0.29) is 0 Å². The van der Waals surface area contributed by atoms with Crippen molar-refractivity contribution in [2.45, 2.75) is 13.5 Å². The summed E-state index contributed by atoms with van der Waals surface area (Å²) in [5.41, 5.74) is 3.10. The molecule has 0 amide bonds. The van der Waals surface area contributed by atoms with Gasteiger partial charge >= 0.3 is 0 Å². The second kappa shape index (κ2) is 5.33. The van der Waals surface area contributed by atoms with Crippen LogP contribution in [0.2, 0.25) is 0 Å². The maximum absolute atomic E-state index is 9.07. The molecule has 3 nitrogen and oxygen atoms in total. The molecule has 0 unspecified atom stereocenters. The highest BCUT2D eigenvalue weighted by atomic mass is 15.2. The molecule has 2 aromatic rings. The molecule has 0 saturated carbocycles. The molecular weight excluding hydrogens is 222 g/mol. The molecule has 1 aromatic heterocycles. The normalized spacial score (nSPS) is 9.83. The smallest absolute Gasteiger partial charge is 0.146 e. The van der Waals surface area contributed by atoms with E-state index >= 15 is 0 Å². The van der Waals surface area contributed by atoms with Crippen LogP contribution in [-0.2, 0) is 6.54 Å². The zero-order valence-electron chi connectivity index (χ0n) is 10.6. The average Bonchev–Trinajstić information content (AvgIpc) is 2.41. The maximum Gasteiger partial charge on any atom is 0.146 e. The van der Waals surface area contributed by atoms with Crippen molar-refractivity contribution in [2.24, 2.45) is 0 Å². The Bertz CT molecular complexity index is 584. The summed E-state index contributed by atoms with van der Waals surface area (Å²) in [5, 5.41) is 9.07. The lowest BCUT2D eigenvalue weighted by molar-refractivity contribution is 0.888. The Morgan fingerprint density at radius 1 is 1.22 bits per heavy atom. The van der Waals surface area contributed by atoms with Crippen LogP contribution in [-0.4, -0.2) is 12.0 Å². The molecule has 3 heteroatoms. The first-order valence-corrected chi connectivity index (χ1v) is 5.83. The lowest BCUT2D eigenvalue weighted by atomic mass is 10.1. The minimum atomic E-state index is 0.605. The van der Waals surface area contributed by atoms with E-state index in [9.17, 15) is 0 Å². The summed E-state index contributed by atoms with van der Waals surface area (Å²) in [6.45, 7) is 2.84. The van der Waals surface area contributed by atoms with E-state index in [0.717, 1.165) is 12.4 Å². The molecule has 18 heavy (non-hydrogen) atoms. The summed E-state index contributed by atoms with van der Waals surface area (Å²) in [4.78, 5) is 6.28. The number of rotatable bonds is 3. The number of nitrogens with zero attached hydrogens (tertiary/aromatic N) is 3. The van der Waals surface area contributed by atoms with Crippen LogP contribution in [0.5, 0.6) is 0 Å². The number of hydrogen-bond acceptors (Lipinski definition) is 3. The fourth-order valence-corrected chi connectivity index (χ4v) is 1.91. The lowest BCUT2D eigenvalue weighted by Crippen LogP contribution is -2.19. The zero-order chi connectivity index (χ0) is 13.0. The van der Waals surface area contributed by atoms with Gasteiger partial charge in [-0.05, 0) is 30.2 Å². The average molecular weight is 237 g/mol. The number of pyridine rings is 1. The van der Waals surface area contributed by atoms with Gasteiger partial charge in [0.15, 0.2) is 0 Å². The molecule has 0 fully saturated rings. The van der Waals surface area contributed by atoms with E-state index in [1.54, 1.807) is 18.3 Å². The van der Waals surface area contributed by atoms with Gasteiger partial charge in [0.1, 0.15) is 11.9 Å². The van der Waals surface area contributed by atoms with Crippen LogP contribution in [0.25, 0.3) is 0 Å². The molecule has 0 atom stereocenters. The molecule has 0 aliphatic rings. The molecule has 0 aliphatic heterocycles. The van der Waals surface area contributed by atoms with Gasteiger partial charge in [0.2, 0.25) is 0 Å². The number of benzene rings is 1. The first-order chi connectivity index (χ1) is 8.72. The Morgan fingerprint density at radius 2 is 2.00 bits per heavy atom. The summed E-state index contributed by atoms with van der Waals surface area (Å²) in [6, 6.07) is 14.0. The number of aryl methyl sites for hydroxylation is 1. The zero-order valence-corrected chi connectivity index (χ0v) is 10.6. The predicted molar refractivity (Wildman–Crippen MR) is 72.2 cm³/mol. The summed E-state index contributed by atoms with van der Waals surface area (Å²) < 4.78 is 0. The van der Waals surface area contributed by atoms with Crippen LogP contribution in [0.15, 0.2) is 42.6 Å². The van der Waals surface area contributed by atoms with Gasteiger partial charge in [-0.1, -0.05) is 24.3 Å². The molecule has 2 rings (SSSR count). The van der Waals surface area contributed by atoms with Crippen molar-refractivity contribution in [3.8, 4) is 6.07 Å². The van der Waals surface area contributed by atoms with Gasteiger partial charge in [-0.25, -0.2) is 4.98 Å². The topological polar surface area (TPSA) is 39.9 Å². The minimum absolute atomic E-state index is 0.605. The quantitative estimate of drug-likeness (QED) is 0.824. The van der Waals surface area contributed by atoms with Crippen LogP contribution >= 0.6 is 0 Å². The molecule has 1 heterocycles. The second-order valence-corrected chi connectivity index (χ2v) is 4.27. The Kier molecular flexibility index (Phi) is 3.59. The van der Waals surface area contributed by atoms with E-state index in [1.165, 1.54) is 11.1 Å². The van der Waals surface area contributed by atoms with Gasteiger partial charge in [-0.2, -0.15) is 5.26 Å². The van der Waals surface area contributed by atoms with E-state index in [2.05, 4.69) is 30.1 Å². The summed E-state index contributed by atoms with van der Waals surface area (Å²) in [5.74, 6) is 0.725. The molecule has 90 valence electrons. The minimum Gasteiger partial charge on any atom is -0.354 e. The Morgan fingerprint density at radius 3 is 2.72 bits per heavy atom. The van der Waals surface area contributed by atoms with Crippen LogP contribution < -0.4 is 4.90 Å². The first kappa shape index (κ1) is 12.1. The standard InChI is InChI=1S/C15H15N3/c1-12-6-3-4-7-14(12)11-18(2)15-13(10-16)8-5-9-17-15/h3-9H,11H2,1-2H3. The summed E-state index contributed by atoms with van der Waals surface area (Å²) >= 11 is 0. The molecule has 0 bridgehead atoms. The van der Waals surface area contributed by atoms with Crippen molar-refractivity contribution in [3.05, 3.63) is 59.3 Å². The Labute approximate surface area is 107 Å². The number of hydrogen-bond donors (Lipinski definition) is 0. The van der Waals surface area contributed by atoms with Gasteiger partial charge in [-0.3, -0.25) is 0 Å². The SMILES string of the molecule is Cc1ccccc1CN(C)c1ncccc1C#N. The Balaban J connectivity index is 2.26. The van der Waals surface area contributed by atoms with Crippen molar-refractivity contribution in [1.82, 2.24) is 4.98 Å². The molecule has 0 spiro atoms. The van der Waals surface area contributed by atoms with Crippen molar-refractivity contribution in [1.29, 1.82) is 5.26 Å². The fraction of sp³-hybridized carbons (Fsp3) is 0.200. The van der Waals surface area contributed by atoms with Crippen molar-refractivity contribution < 1.29 is 0 Å². The van der Waals surface area contributed by atoms with Crippen LogP contribution in [0, 0.1) is 18.3 Å². The third-order valence-corrected chi connectivity index (χ3v) is 2.94. The number of aromatic nitrogens is 1. The lowest BCUT2D eigenvalue weighted by Gasteiger charge is -2.20. The largest absolute Gasteiger partial charge is 0.354 e. The summed E-state index contributed by atoms with van der Waals surface area (Å²) in [7, 11) is 1.95. The van der Waals surface area contributed by atoms with E-state index in [1.807, 2.05) is 24.1 Å². The third-order valence-electron chi connectivity index (χ3n) is 2.94. The van der Waals surface area contributed by atoms with Crippen molar-refractivity contribution in [3.63, 3.8) is 0 Å². The maximum atomic E-state index is 9.07. The molecule has 1 aromatic carbocycles. The molecule has 0 radical (unpaired) electrons. The van der Waals surface area contributed by atoms with Crippen molar-refractivity contribution >= 4 is 5.82 Å². The first-order valence-electron chi connectivity index (χ1n) is 5.83. The van der Waals surface area contributed by atoms with Gasteiger partial charge in [0.25, 0.3) is 0 Å². The molecular formula is C15H15N3. The Hall–Kier alpha value is -2.34. The van der Waals surface area contributed by atoms with Crippen molar-refractivity contribution in [2.75, 3.05) is 11.9 Å². The fourth-order valence-electron chi connectivity index (χ4n) is 1.91. The van der Waals surface area contributed by atoms with E-state index in [4.69, 9.17) is 5.26 Å². The second-order valence-electron chi connectivity index (χ2n) is 4.27. The third kappa shape index (κ3) is 2.49. The van der Waals surface area contributed by atoms with Gasteiger partial charge in [0.05, 0.1) is 5.56 Å². The predicted octanol–water partition coefficient (Wildman–Crippen LogP) is 2.90. The van der Waals surface area contributed by atoms with Crippen LogP contribution in [0.3, 0.4) is 0 Å². The van der Waals surface area contributed by atoms with Crippen LogP contribution in [0.4, 0.5) is 5.82 Å². The highest BCUT2D eigenvalue weighted by molar-refractivity contribution is 5.53. The number of anilines is 1.